The minimum atomic E-state index is 0.839. The van der Waals surface area contributed by atoms with E-state index in [1.807, 2.05) is 19.1 Å². The molecular formula is C12H13NO. The van der Waals surface area contributed by atoms with Crippen molar-refractivity contribution >= 4 is 10.9 Å². The molecule has 2 nitrogen and oxygen atoms in total. The van der Waals surface area contributed by atoms with E-state index in [2.05, 4.69) is 24.0 Å². The Labute approximate surface area is 83.5 Å². The lowest BCUT2D eigenvalue weighted by atomic mass is 10.1. The fourth-order valence-corrected chi connectivity index (χ4v) is 1.53. The molecule has 0 spiro atoms. The van der Waals surface area contributed by atoms with Gasteiger partial charge in [0.2, 0.25) is 0 Å². The number of aromatic nitrogens is 1. The van der Waals surface area contributed by atoms with E-state index in [4.69, 9.17) is 4.74 Å². The number of aryl methyl sites for hydroxylation is 2. The number of hydrogen-bond donors (Lipinski definition) is 0. The molecule has 0 amide bonds. The molecule has 0 aliphatic heterocycles. The van der Waals surface area contributed by atoms with Gasteiger partial charge in [0.25, 0.3) is 0 Å². The summed E-state index contributed by atoms with van der Waals surface area (Å²) in [6.45, 7) is 4.09. The number of rotatable bonds is 1. The number of methoxy groups -OCH3 is 1. The third-order valence-corrected chi connectivity index (χ3v) is 2.47. The third kappa shape index (κ3) is 1.33. The first-order chi connectivity index (χ1) is 6.72. The van der Waals surface area contributed by atoms with Crippen molar-refractivity contribution in [1.29, 1.82) is 0 Å². The molecule has 0 aliphatic rings. The van der Waals surface area contributed by atoms with E-state index in [0.29, 0.717) is 0 Å². The van der Waals surface area contributed by atoms with Gasteiger partial charge in [-0.3, -0.25) is 0 Å². The number of para-hydroxylation sites is 1. The predicted molar refractivity (Wildman–Crippen MR) is 57.8 cm³/mol. The molecule has 0 atom stereocenters. The highest BCUT2D eigenvalue weighted by Gasteiger charge is 2.03. The summed E-state index contributed by atoms with van der Waals surface area (Å²) in [7, 11) is 1.67. The molecule has 2 rings (SSSR count). The Hall–Kier alpha value is -1.57. The normalized spacial score (nSPS) is 10.5. The molecule has 1 aromatic carbocycles. The smallest absolute Gasteiger partial charge is 0.145 e. The van der Waals surface area contributed by atoms with Crippen LogP contribution < -0.4 is 4.74 Å². The molecule has 0 saturated carbocycles. The molecule has 72 valence electrons. The van der Waals surface area contributed by atoms with E-state index in [-0.39, 0.29) is 0 Å². The highest BCUT2D eigenvalue weighted by atomic mass is 16.5. The molecule has 1 aromatic heterocycles. The van der Waals surface area contributed by atoms with Crippen molar-refractivity contribution in [3.8, 4) is 5.75 Å². The number of nitrogens with zero attached hydrogens (tertiary/aromatic N) is 1. The summed E-state index contributed by atoms with van der Waals surface area (Å²) >= 11 is 0. The summed E-state index contributed by atoms with van der Waals surface area (Å²) in [5.41, 5.74) is 3.21. The van der Waals surface area contributed by atoms with Gasteiger partial charge in [-0.25, -0.2) is 4.98 Å². The van der Waals surface area contributed by atoms with Gasteiger partial charge in [-0.05, 0) is 31.5 Å². The first kappa shape index (κ1) is 9.00. The maximum atomic E-state index is 5.26. The van der Waals surface area contributed by atoms with Crippen molar-refractivity contribution in [2.45, 2.75) is 13.8 Å². The van der Waals surface area contributed by atoms with Crippen LogP contribution in [0.1, 0.15) is 11.3 Å². The lowest BCUT2D eigenvalue weighted by molar-refractivity contribution is 0.419. The Morgan fingerprint density at radius 2 is 2.00 bits per heavy atom. The minimum absolute atomic E-state index is 0.839. The molecule has 0 bridgehead atoms. The Morgan fingerprint density at radius 3 is 2.71 bits per heavy atom. The summed E-state index contributed by atoms with van der Waals surface area (Å²) in [4.78, 5) is 4.52. The Kier molecular flexibility index (Phi) is 2.12. The summed E-state index contributed by atoms with van der Waals surface area (Å²) in [5, 5.41) is 1.13. The van der Waals surface area contributed by atoms with E-state index >= 15 is 0 Å². The largest absolute Gasteiger partial charge is 0.494 e. The van der Waals surface area contributed by atoms with Gasteiger partial charge in [0.15, 0.2) is 0 Å². The summed E-state index contributed by atoms with van der Waals surface area (Å²) < 4.78 is 5.26. The highest BCUT2D eigenvalue weighted by molar-refractivity contribution is 5.85. The van der Waals surface area contributed by atoms with E-state index in [1.165, 1.54) is 5.56 Å². The summed E-state index contributed by atoms with van der Waals surface area (Å²) in [6.07, 6.45) is 0. The number of benzene rings is 1. The first-order valence-corrected chi connectivity index (χ1v) is 4.63. The quantitative estimate of drug-likeness (QED) is 0.684. The molecule has 1 heterocycles. The van der Waals surface area contributed by atoms with Crippen LogP contribution in [0.2, 0.25) is 0 Å². The standard InChI is InChI=1S/C12H13NO/c1-8-7-10-5-4-6-11(14-3)12(10)13-9(8)2/h4-7H,1-3H3. The van der Waals surface area contributed by atoms with Crippen LogP contribution in [-0.4, -0.2) is 12.1 Å². The minimum Gasteiger partial charge on any atom is -0.494 e. The van der Waals surface area contributed by atoms with Crippen LogP contribution in [0, 0.1) is 13.8 Å². The average molecular weight is 187 g/mol. The van der Waals surface area contributed by atoms with Gasteiger partial charge in [-0.15, -0.1) is 0 Å². The zero-order valence-corrected chi connectivity index (χ0v) is 8.66. The van der Waals surface area contributed by atoms with Crippen molar-refractivity contribution in [1.82, 2.24) is 4.98 Å². The highest BCUT2D eigenvalue weighted by Crippen LogP contribution is 2.24. The van der Waals surface area contributed by atoms with Crippen LogP contribution in [0.15, 0.2) is 24.3 Å². The van der Waals surface area contributed by atoms with Gasteiger partial charge in [0, 0.05) is 11.1 Å². The molecule has 0 unspecified atom stereocenters. The fourth-order valence-electron chi connectivity index (χ4n) is 1.53. The van der Waals surface area contributed by atoms with E-state index in [9.17, 15) is 0 Å². The second-order valence-electron chi connectivity index (χ2n) is 3.42. The second kappa shape index (κ2) is 3.29. The summed E-state index contributed by atoms with van der Waals surface area (Å²) in [5.74, 6) is 0.839. The Morgan fingerprint density at radius 1 is 1.21 bits per heavy atom. The maximum absolute atomic E-state index is 5.26. The Balaban J connectivity index is 2.81. The molecule has 0 saturated heterocycles. The molecule has 0 fully saturated rings. The lowest BCUT2D eigenvalue weighted by Gasteiger charge is -2.06. The van der Waals surface area contributed by atoms with Crippen molar-refractivity contribution in [3.63, 3.8) is 0 Å². The topological polar surface area (TPSA) is 22.1 Å². The number of hydrogen-bond acceptors (Lipinski definition) is 2. The number of ether oxygens (including phenoxy) is 1. The van der Waals surface area contributed by atoms with E-state index in [1.54, 1.807) is 7.11 Å². The lowest BCUT2D eigenvalue weighted by Crippen LogP contribution is -1.91. The van der Waals surface area contributed by atoms with Crippen molar-refractivity contribution in [2.75, 3.05) is 7.11 Å². The van der Waals surface area contributed by atoms with Crippen LogP contribution in [0.4, 0.5) is 0 Å². The molecule has 2 heteroatoms. The zero-order chi connectivity index (χ0) is 10.1. The number of pyridine rings is 1. The van der Waals surface area contributed by atoms with Gasteiger partial charge in [-0.2, -0.15) is 0 Å². The van der Waals surface area contributed by atoms with E-state index in [0.717, 1.165) is 22.3 Å². The predicted octanol–water partition coefficient (Wildman–Crippen LogP) is 2.86. The van der Waals surface area contributed by atoms with Crippen molar-refractivity contribution < 1.29 is 4.74 Å². The van der Waals surface area contributed by atoms with Crippen LogP contribution >= 0.6 is 0 Å². The number of fused-ring (bicyclic) bond motifs is 1. The SMILES string of the molecule is COc1cccc2cc(C)c(C)nc12. The molecular weight excluding hydrogens is 174 g/mol. The van der Waals surface area contributed by atoms with Crippen molar-refractivity contribution in [3.05, 3.63) is 35.5 Å². The third-order valence-electron chi connectivity index (χ3n) is 2.47. The Bertz CT molecular complexity index is 477. The van der Waals surface area contributed by atoms with Gasteiger partial charge in [0.1, 0.15) is 11.3 Å². The average Bonchev–Trinajstić information content (AvgIpc) is 2.19. The van der Waals surface area contributed by atoms with Crippen molar-refractivity contribution in [2.24, 2.45) is 0 Å². The van der Waals surface area contributed by atoms with Gasteiger partial charge >= 0.3 is 0 Å². The van der Waals surface area contributed by atoms with E-state index < -0.39 is 0 Å². The van der Waals surface area contributed by atoms with Crippen LogP contribution in [-0.2, 0) is 0 Å². The zero-order valence-electron chi connectivity index (χ0n) is 8.66. The van der Waals surface area contributed by atoms with Gasteiger partial charge in [-0.1, -0.05) is 12.1 Å². The first-order valence-electron chi connectivity index (χ1n) is 4.63. The molecule has 0 aliphatic carbocycles. The van der Waals surface area contributed by atoms with Gasteiger partial charge in [0.05, 0.1) is 7.11 Å². The summed E-state index contributed by atoms with van der Waals surface area (Å²) in [6, 6.07) is 8.11. The molecule has 0 radical (unpaired) electrons. The molecule has 2 aromatic rings. The molecule has 0 N–H and O–H groups in total. The van der Waals surface area contributed by atoms with Crippen LogP contribution in [0.25, 0.3) is 10.9 Å². The van der Waals surface area contributed by atoms with Crippen LogP contribution in [0.3, 0.4) is 0 Å². The maximum Gasteiger partial charge on any atom is 0.145 e. The second-order valence-corrected chi connectivity index (χ2v) is 3.42. The molecule has 14 heavy (non-hydrogen) atoms. The fraction of sp³-hybridized carbons (Fsp3) is 0.250. The van der Waals surface area contributed by atoms with Crippen LogP contribution in [0.5, 0.6) is 5.75 Å². The monoisotopic (exact) mass is 187 g/mol. The van der Waals surface area contributed by atoms with Gasteiger partial charge < -0.3 is 4.74 Å².